The lowest BCUT2D eigenvalue weighted by Gasteiger charge is -2.04. The second-order valence-electron chi connectivity index (χ2n) is 4.39. The van der Waals surface area contributed by atoms with Gasteiger partial charge in [-0.1, -0.05) is 23.7 Å². The van der Waals surface area contributed by atoms with Crippen LogP contribution in [0, 0.1) is 0 Å². The molecule has 3 rings (SSSR count). The Morgan fingerprint density at radius 3 is 3.00 bits per heavy atom. The number of aromatic nitrogens is 2. The fourth-order valence-electron chi connectivity index (χ4n) is 2.03. The Hall–Kier alpha value is -2.33. The predicted molar refractivity (Wildman–Crippen MR) is 77.8 cm³/mol. The number of hydrogen-bond acceptors (Lipinski definition) is 2. The highest BCUT2D eigenvalue weighted by atomic mass is 35.5. The van der Waals surface area contributed by atoms with Crippen molar-refractivity contribution in [3.63, 3.8) is 0 Å². The number of rotatable bonds is 3. The molecule has 1 amide bonds. The molecule has 0 aliphatic heterocycles. The first-order valence-corrected chi connectivity index (χ1v) is 6.57. The molecule has 5 heteroatoms. The summed E-state index contributed by atoms with van der Waals surface area (Å²) in [5, 5.41) is 7.65. The van der Waals surface area contributed by atoms with Crippen LogP contribution in [0.1, 0.15) is 15.9 Å². The van der Waals surface area contributed by atoms with Crippen LogP contribution >= 0.6 is 11.6 Å². The second kappa shape index (κ2) is 5.35. The molecule has 4 nitrogen and oxygen atoms in total. The Bertz CT molecular complexity index is 766. The summed E-state index contributed by atoms with van der Waals surface area (Å²) in [5.74, 6) is -0.150. The first-order valence-electron chi connectivity index (χ1n) is 6.19. The summed E-state index contributed by atoms with van der Waals surface area (Å²) in [6.07, 6.45) is 3.63. The third kappa shape index (κ3) is 2.51. The number of halogens is 1. The van der Waals surface area contributed by atoms with Crippen molar-refractivity contribution < 1.29 is 4.79 Å². The monoisotopic (exact) mass is 285 g/mol. The maximum absolute atomic E-state index is 12.0. The Kier molecular flexibility index (Phi) is 3.39. The van der Waals surface area contributed by atoms with Gasteiger partial charge in [0.25, 0.3) is 5.91 Å². The molecular weight excluding hydrogens is 274 g/mol. The van der Waals surface area contributed by atoms with Crippen molar-refractivity contribution in [2.75, 3.05) is 0 Å². The highest BCUT2D eigenvalue weighted by Crippen LogP contribution is 2.12. The Labute approximate surface area is 121 Å². The van der Waals surface area contributed by atoms with Crippen LogP contribution in [-0.2, 0) is 6.54 Å². The van der Waals surface area contributed by atoms with E-state index >= 15 is 0 Å². The summed E-state index contributed by atoms with van der Waals surface area (Å²) in [6, 6.07) is 12.7. The number of nitrogens with one attached hydrogen (secondary N) is 1. The summed E-state index contributed by atoms with van der Waals surface area (Å²) in [4.78, 5) is 12.0. The molecule has 0 saturated heterocycles. The molecule has 0 aliphatic carbocycles. The van der Waals surface area contributed by atoms with Gasteiger partial charge in [0.2, 0.25) is 0 Å². The number of fused-ring (bicyclic) bond motifs is 1. The van der Waals surface area contributed by atoms with Gasteiger partial charge in [0.15, 0.2) is 0 Å². The fourth-order valence-corrected chi connectivity index (χ4v) is 2.22. The van der Waals surface area contributed by atoms with Crippen LogP contribution < -0.4 is 5.32 Å². The van der Waals surface area contributed by atoms with Gasteiger partial charge in [0.1, 0.15) is 0 Å². The molecule has 0 spiro atoms. The Balaban J connectivity index is 1.75. The third-order valence-corrected chi connectivity index (χ3v) is 3.27. The van der Waals surface area contributed by atoms with Gasteiger partial charge >= 0.3 is 0 Å². The van der Waals surface area contributed by atoms with Gasteiger partial charge in [-0.15, -0.1) is 0 Å². The molecule has 2 heterocycles. The largest absolute Gasteiger partial charge is 0.348 e. The summed E-state index contributed by atoms with van der Waals surface area (Å²) in [5.41, 5.74) is 2.51. The molecule has 0 fully saturated rings. The molecule has 0 radical (unpaired) electrons. The van der Waals surface area contributed by atoms with E-state index in [9.17, 15) is 4.79 Å². The number of hydrogen-bond donors (Lipinski definition) is 1. The van der Waals surface area contributed by atoms with E-state index in [-0.39, 0.29) is 5.91 Å². The van der Waals surface area contributed by atoms with E-state index in [2.05, 4.69) is 10.4 Å². The molecule has 0 saturated carbocycles. The molecule has 2 aromatic heterocycles. The maximum atomic E-state index is 12.0. The minimum absolute atomic E-state index is 0.150. The molecule has 100 valence electrons. The van der Waals surface area contributed by atoms with Crippen molar-refractivity contribution in [3.05, 3.63) is 71.0 Å². The standard InChI is InChI=1S/C15H12ClN3O/c16-13-5-3-4-11(8-13)15(20)17-9-12-10-18-19-7-2-1-6-14(12)19/h1-8,10H,9H2,(H,17,20). The minimum atomic E-state index is -0.150. The molecular formula is C15H12ClN3O. The van der Waals surface area contributed by atoms with Gasteiger partial charge in [0.05, 0.1) is 11.7 Å². The number of carbonyl (C=O) groups is 1. The van der Waals surface area contributed by atoms with Crippen molar-refractivity contribution in [1.82, 2.24) is 14.9 Å². The first-order chi connectivity index (χ1) is 9.74. The molecule has 0 aliphatic rings. The quantitative estimate of drug-likeness (QED) is 0.804. The van der Waals surface area contributed by atoms with Gasteiger partial charge in [-0.2, -0.15) is 5.10 Å². The van der Waals surface area contributed by atoms with Crippen molar-refractivity contribution in [2.45, 2.75) is 6.54 Å². The molecule has 3 aromatic rings. The number of pyridine rings is 1. The van der Waals surface area contributed by atoms with E-state index in [1.807, 2.05) is 24.4 Å². The second-order valence-corrected chi connectivity index (χ2v) is 4.83. The summed E-state index contributed by atoms with van der Waals surface area (Å²) < 4.78 is 1.78. The van der Waals surface area contributed by atoms with Crippen LogP contribution in [0.15, 0.2) is 54.9 Å². The molecule has 1 aromatic carbocycles. The SMILES string of the molecule is O=C(NCc1cnn2ccccc12)c1cccc(Cl)c1. The Morgan fingerprint density at radius 2 is 2.15 bits per heavy atom. The van der Waals surface area contributed by atoms with E-state index in [0.717, 1.165) is 11.1 Å². The lowest BCUT2D eigenvalue weighted by atomic mass is 10.2. The van der Waals surface area contributed by atoms with Crippen molar-refractivity contribution >= 4 is 23.0 Å². The smallest absolute Gasteiger partial charge is 0.251 e. The summed E-state index contributed by atoms with van der Waals surface area (Å²) in [7, 11) is 0. The molecule has 1 N–H and O–H groups in total. The van der Waals surface area contributed by atoms with Crippen molar-refractivity contribution in [2.24, 2.45) is 0 Å². The van der Waals surface area contributed by atoms with Crippen LogP contribution in [0.5, 0.6) is 0 Å². The normalized spacial score (nSPS) is 10.7. The summed E-state index contributed by atoms with van der Waals surface area (Å²) in [6.45, 7) is 0.429. The lowest BCUT2D eigenvalue weighted by Crippen LogP contribution is -2.22. The van der Waals surface area contributed by atoms with E-state index < -0.39 is 0 Å². The summed E-state index contributed by atoms with van der Waals surface area (Å²) >= 11 is 5.87. The van der Waals surface area contributed by atoms with E-state index in [1.54, 1.807) is 35.0 Å². The van der Waals surface area contributed by atoms with Gasteiger partial charge in [-0.25, -0.2) is 4.52 Å². The molecule has 0 atom stereocenters. The molecule has 20 heavy (non-hydrogen) atoms. The van der Waals surface area contributed by atoms with Crippen LogP contribution in [0.2, 0.25) is 5.02 Å². The molecule has 0 unspecified atom stereocenters. The average Bonchev–Trinajstić information content (AvgIpc) is 2.88. The predicted octanol–water partition coefficient (Wildman–Crippen LogP) is 2.92. The Morgan fingerprint density at radius 1 is 1.25 bits per heavy atom. The van der Waals surface area contributed by atoms with Gasteiger partial charge in [0, 0.05) is 28.9 Å². The third-order valence-electron chi connectivity index (χ3n) is 3.03. The number of carbonyl (C=O) groups excluding carboxylic acids is 1. The number of benzene rings is 1. The molecule has 0 bridgehead atoms. The van der Waals surface area contributed by atoms with Gasteiger partial charge < -0.3 is 5.32 Å². The average molecular weight is 286 g/mol. The fraction of sp³-hybridized carbons (Fsp3) is 0.0667. The van der Waals surface area contributed by atoms with Crippen LogP contribution in [-0.4, -0.2) is 15.5 Å². The number of amides is 1. The topological polar surface area (TPSA) is 46.4 Å². The van der Waals surface area contributed by atoms with E-state index in [4.69, 9.17) is 11.6 Å². The van der Waals surface area contributed by atoms with Crippen LogP contribution in [0.4, 0.5) is 0 Å². The minimum Gasteiger partial charge on any atom is -0.348 e. The number of nitrogens with zero attached hydrogens (tertiary/aromatic N) is 2. The van der Waals surface area contributed by atoms with Gasteiger partial charge in [-0.05, 0) is 30.3 Å². The van der Waals surface area contributed by atoms with E-state index in [1.165, 1.54) is 0 Å². The zero-order valence-electron chi connectivity index (χ0n) is 10.6. The zero-order valence-corrected chi connectivity index (χ0v) is 11.3. The highest BCUT2D eigenvalue weighted by Gasteiger charge is 2.08. The van der Waals surface area contributed by atoms with Crippen LogP contribution in [0.25, 0.3) is 5.52 Å². The van der Waals surface area contributed by atoms with Crippen molar-refractivity contribution in [3.8, 4) is 0 Å². The van der Waals surface area contributed by atoms with Crippen molar-refractivity contribution in [1.29, 1.82) is 0 Å². The lowest BCUT2D eigenvalue weighted by molar-refractivity contribution is 0.0951. The van der Waals surface area contributed by atoms with Crippen LogP contribution in [0.3, 0.4) is 0 Å². The zero-order chi connectivity index (χ0) is 13.9. The highest BCUT2D eigenvalue weighted by molar-refractivity contribution is 6.30. The first kappa shape index (κ1) is 12.7. The van der Waals surface area contributed by atoms with E-state index in [0.29, 0.717) is 17.1 Å². The van der Waals surface area contributed by atoms with Gasteiger partial charge in [-0.3, -0.25) is 4.79 Å². The maximum Gasteiger partial charge on any atom is 0.251 e.